The zero-order valence-corrected chi connectivity index (χ0v) is 14.3. The molecule has 7 nitrogen and oxygen atoms in total. The number of aryl methyl sites for hydroxylation is 1. The average Bonchev–Trinajstić information content (AvgIpc) is 3.05. The first-order valence-corrected chi connectivity index (χ1v) is 8.06. The van der Waals surface area contributed by atoms with Crippen LogP contribution < -0.4 is 0 Å². The minimum absolute atomic E-state index is 0.0420. The van der Waals surface area contributed by atoms with Crippen molar-refractivity contribution in [2.24, 2.45) is 0 Å². The van der Waals surface area contributed by atoms with Gasteiger partial charge in [-0.15, -0.1) is 0 Å². The standard InChI is InChI=1S/C17H22N4O3/c1-12-6-4-8-18-14(12)15(22)21-9-5-7-17(2,11-21)16-19-13(10-23-3)24-20-16/h4,6,8H,5,7,9-11H2,1-3H3. The molecule has 1 saturated heterocycles. The molecule has 0 aliphatic carbocycles. The third-order valence-electron chi connectivity index (χ3n) is 4.47. The number of methoxy groups -OCH3 is 1. The molecule has 1 fully saturated rings. The lowest BCUT2D eigenvalue weighted by atomic mass is 9.81. The van der Waals surface area contributed by atoms with Gasteiger partial charge in [-0.1, -0.05) is 18.1 Å². The van der Waals surface area contributed by atoms with Crippen molar-refractivity contribution in [2.45, 2.75) is 38.7 Å². The summed E-state index contributed by atoms with van der Waals surface area (Å²) in [6, 6.07) is 3.74. The first kappa shape index (κ1) is 16.6. The summed E-state index contributed by atoms with van der Waals surface area (Å²) in [7, 11) is 1.59. The lowest BCUT2D eigenvalue weighted by Crippen LogP contribution is -2.47. The monoisotopic (exact) mass is 330 g/mol. The van der Waals surface area contributed by atoms with Crippen LogP contribution in [0.5, 0.6) is 0 Å². The van der Waals surface area contributed by atoms with Gasteiger partial charge in [0.2, 0.25) is 0 Å². The van der Waals surface area contributed by atoms with Gasteiger partial charge in [0.15, 0.2) is 5.82 Å². The average molecular weight is 330 g/mol. The molecule has 0 N–H and O–H groups in total. The topological polar surface area (TPSA) is 81.4 Å². The number of amides is 1. The summed E-state index contributed by atoms with van der Waals surface area (Å²) < 4.78 is 10.2. The second-order valence-electron chi connectivity index (χ2n) is 6.50. The summed E-state index contributed by atoms with van der Waals surface area (Å²) in [6.45, 7) is 5.53. The van der Waals surface area contributed by atoms with Crippen LogP contribution in [0, 0.1) is 6.92 Å². The van der Waals surface area contributed by atoms with Gasteiger partial charge in [-0.2, -0.15) is 4.98 Å². The van der Waals surface area contributed by atoms with Crippen LogP contribution in [0.25, 0.3) is 0 Å². The van der Waals surface area contributed by atoms with Gasteiger partial charge in [-0.25, -0.2) is 0 Å². The van der Waals surface area contributed by atoms with Crippen LogP contribution in [0.15, 0.2) is 22.9 Å². The van der Waals surface area contributed by atoms with Crippen LogP contribution in [0.2, 0.25) is 0 Å². The van der Waals surface area contributed by atoms with E-state index in [4.69, 9.17) is 9.26 Å². The molecule has 24 heavy (non-hydrogen) atoms. The van der Waals surface area contributed by atoms with Crippen LogP contribution in [-0.2, 0) is 16.8 Å². The predicted octanol–water partition coefficient (Wildman–Crippen LogP) is 2.11. The summed E-state index contributed by atoms with van der Waals surface area (Å²) >= 11 is 0. The Labute approximate surface area is 141 Å². The molecule has 2 aromatic rings. The van der Waals surface area contributed by atoms with E-state index < -0.39 is 0 Å². The summed E-state index contributed by atoms with van der Waals surface area (Å²) in [5, 5.41) is 4.09. The molecular formula is C17H22N4O3. The number of carbonyl (C=O) groups is 1. The Kier molecular flexibility index (Phi) is 4.62. The number of rotatable bonds is 4. The highest BCUT2D eigenvalue weighted by Gasteiger charge is 2.39. The van der Waals surface area contributed by atoms with Crippen molar-refractivity contribution in [3.8, 4) is 0 Å². The molecule has 1 unspecified atom stereocenters. The fourth-order valence-corrected chi connectivity index (χ4v) is 3.14. The number of ether oxygens (including phenoxy) is 1. The van der Waals surface area contributed by atoms with Gasteiger partial charge in [0.05, 0.1) is 0 Å². The number of piperidine rings is 1. The maximum atomic E-state index is 12.8. The molecule has 0 saturated carbocycles. The van der Waals surface area contributed by atoms with Crippen LogP contribution in [0.4, 0.5) is 0 Å². The number of carbonyl (C=O) groups excluding carboxylic acids is 1. The molecule has 1 atom stereocenters. The number of nitrogens with zero attached hydrogens (tertiary/aromatic N) is 4. The molecule has 1 amide bonds. The van der Waals surface area contributed by atoms with Gasteiger partial charge < -0.3 is 14.2 Å². The molecule has 128 valence electrons. The lowest BCUT2D eigenvalue weighted by Gasteiger charge is -2.38. The highest BCUT2D eigenvalue weighted by molar-refractivity contribution is 5.93. The molecule has 1 aliphatic rings. The lowest BCUT2D eigenvalue weighted by molar-refractivity contribution is 0.0635. The molecule has 7 heteroatoms. The summed E-state index contributed by atoms with van der Waals surface area (Å²) in [5.41, 5.74) is 1.07. The van der Waals surface area contributed by atoms with Crippen molar-refractivity contribution in [2.75, 3.05) is 20.2 Å². The molecule has 0 radical (unpaired) electrons. The minimum atomic E-state index is -0.327. The molecule has 0 bridgehead atoms. The Morgan fingerprint density at radius 3 is 3.08 bits per heavy atom. The number of hydrogen-bond donors (Lipinski definition) is 0. The fraction of sp³-hybridized carbons (Fsp3) is 0.529. The van der Waals surface area contributed by atoms with Crippen LogP contribution in [0.3, 0.4) is 0 Å². The van der Waals surface area contributed by atoms with Gasteiger partial charge in [0, 0.05) is 31.8 Å². The third-order valence-corrected chi connectivity index (χ3v) is 4.47. The van der Waals surface area contributed by atoms with Crippen molar-refractivity contribution in [1.29, 1.82) is 0 Å². The second-order valence-corrected chi connectivity index (χ2v) is 6.50. The Bertz CT molecular complexity index is 730. The van der Waals surface area contributed by atoms with E-state index in [0.717, 1.165) is 18.4 Å². The van der Waals surface area contributed by atoms with E-state index in [1.165, 1.54) is 0 Å². The zero-order valence-electron chi connectivity index (χ0n) is 14.3. The Morgan fingerprint density at radius 1 is 1.50 bits per heavy atom. The van der Waals surface area contributed by atoms with Crippen LogP contribution >= 0.6 is 0 Å². The van der Waals surface area contributed by atoms with Crippen molar-refractivity contribution in [1.82, 2.24) is 20.0 Å². The van der Waals surface area contributed by atoms with Crippen LogP contribution in [-0.4, -0.2) is 46.1 Å². The normalized spacial score (nSPS) is 21.0. The van der Waals surface area contributed by atoms with Crippen molar-refractivity contribution in [3.63, 3.8) is 0 Å². The second kappa shape index (κ2) is 6.68. The van der Waals surface area contributed by atoms with Crippen molar-refractivity contribution < 1.29 is 14.1 Å². The van der Waals surface area contributed by atoms with E-state index in [1.807, 2.05) is 24.0 Å². The van der Waals surface area contributed by atoms with Gasteiger partial charge in [0.1, 0.15) is 12.3 Å². The molecule has 2 aromatic heterocycles. The largest absolute Gasteiger partial charge is 0.375 e. The summed E-state index contributed by atoms with van der Waals surface area (Å²) in [5.74, 6) is 1.04. The van der Waals surface area contributed by atoms with E-state index in [-0.39, 0.29) is 11.3 Å². The Balaban J connectivity index is 1.80. The highest BCUT2D eigenvalue weighted by atomic mass is 16.5. The predicted molar refractivity (Wildman–Crippen MR) is 86.5 cm³/mol. The van der Waals surface area contributed by atoms with E-state index >= 15 is 0 Å². The molecular weight excluding hydrogens is 308 g/mol. The molecule has 0 spiro atoms. The Morgan fingerprint density at radius 2 is 2.33 bits per heavy atom. The van der Waals surface area contributed by atoms with Gasteiger partial charge in [-0.05, 0) is 31.4 Å². The molecule has 3 heterocycles. The summed E-state index contributed by atoms with van der Waals surface area (Å²) in [4.78, 5) is 23.3. The van der Waals surface area contributed by atoms with E-state index in [1.54, 1.807) is 13.3 Å². The van der Waals surface area contributed by atoms with Crippen LogP contribution in [0.1, 0.15) is 47.5 Å². The smallest absolute Gasteiger partial charge is 0.272 e. The maximum Gasteiger partial charge on any atom is 0.272 e. The fourth-order valence-electron chi connectivity index (χ4n) is 3.14. The number of likely N-dealkylation sites (tertiary alicyclic amines) is 1. The van der Waals surface area contributed by atoms with Gasteiger partial charge >= 0.3 is 0 Å². The van der Waals surface area contributed by atoms with Crippen molar-refractivity contribution >= 4 is 5.91 Å². The van der Waals surface area contributed by atoms with E-state index in [9.17, 15) is 4.79 Å². The zero-order chi connectivity index (χ0) is 17.2. The van der Waals surface area contributed by atoms with E-state index in [0.29, 0.717) is 37.1 Å². The molecule has 0 aromatic carbocycles. The quantitative estimate of drug-likeness (QED) is 0.854. The van der Waals surface area contributed by atoms with Gasteiger partial charge in [0.25, 0.3) is 11.8 Å². The number of pyridine rings is 1. The third kappa shape index (κ3) is 3.17. The number of hydrogen-bond acceptors (Lipinski definition) is 6. The molecule has 1 aliphatic heterocycles. The molecule has 3 rings (SSSR count). The highest BCUT2D eigenvalue weighted by Crippen LogP contribution is 2.32. The van der Waals surface area contributed by atoms with Crippen molar-refractivity contribution in [3.05, 3.63) is 41.3 Å². The minimum Gasteiger partial charge on any atom is -0.375 e. The maximum absolute atomic E-state index is 12.8. The first-order valence-electron chi connectivity index (χ1n) is 8.06. The Hall–Kier alpha value is -2.28. The summed E-state index contributed by atoms with van der Waals surface area (Å²) in [6.07, 6.45) is 3.45. The number of aromatic nitrogens is 3. The van der Waals surface area contributed by atoms with E-state index in [2.05, 4.69) is 22.0 Å². The van der Waals surface area contributed by atoms with Gasteiger partial charge in [-0.3, -0.25) is 9.78 Å². The first-order chi connectivity index (χ1) is 11.5. The SMILES string of the molecule is COCc1nc(C2(C)CCCN(C(=O)c3ncccc3C)C2)no1.